The molecule has 1 saturated carbocycles. The van der Waals surface area contributed by atoms with Crippen LogP contribution in [0.3, 0.4) is 0 Å². The zero-order valence-corrected chi connectivity index (χ0v) is 10.7. The predicted octanol–water partition coefficient (Wildman–Crippen LogP) is 2.14. The quantitative estimate of drug-likeness (QED) is 0.848. The fourth-order valence-electron chi connectivity index (χ4n) is 1.86. The van der Waals surface area contributed by atoms with Crippen LogP contribution in [0.2, 0.25) is 0 Å². The first-order valence-electron chi connectivity index (χ1n) is 6.11. The first-order chi connectivity index (χ1) is 7.47. The number of hydrogen-bond donors (Lipinski definition) is 1. The van der Waals surface area contributed by atoms with Crippen molar-refractivity contribution >= 4 is 0 Å². The molecule has 0 bridgehead atoms. The third kappa shape index (κ3) is 2.82. The third-order valence-corrected chi connectivity index (χ3v) is 3.11. The number of hydrogen-bond acceptors (Lipinski definition) is 3. The molecule has 4 heteroatoms. The summed E-state index contributed by atoms with van der Waals surface area (Å²) in [6.45, 7) is 9.53. The molecule has 1 aliphatic rings. The smallest absolute Gasteiger partial charge is 0.141 e. The highest BCUT2D eigenvalue weighted by molar-refractivity contribution is 4.92. The summed E-state index contributed by atoms with van der Waals surface area (Å²) in [4.78, 5) is 4.34. The topological polar surface area (TPSA) is 42.7 Å². The van der Waals surface area contributed by atoms with Crippen molar-refractivity contribution in [3.63, 3.8) is 0 Å². The molecule has 1 fully saturated rings. The molecular weight excluding hydrogens is 200 g/mol. The van der Waals surface area contributed by atoms with Crippen LogP contribution in [0, 0.1) is 5.92 Å². The Labute approximate surface area is 97.5 Å². The minimum Gasteiger partial charge on any atom is -0.305 e. The molecule has 1 N–H and O–H groups in total. The summed E-state index contributed by atoms with van der Waals surface area (Å²) in [5.74, 6) is 1.87. The van der Waals surface area contributed by atoms with Crippen molar-refractivity contribution < 1.29 is 0 Å². The van der Waals surface area contributed by atoms with Crippen LogP contribution in [0.5, 0.6) is 0 Å². The van der Waals surface area contributed by atoms with Gasteiger partial charge in [-0.2, -0.15) is 5.10 Å². The van der Waals surface area contributed by atoms with Crippen LogP contribution >= 0.6 is 0 Å². The van der Waals surface area contributed by atoms with Crippen LogP contribution in [-0.2, 0) is 6.54 Å². The Kier molecular flexibility index (Phi) is 3.02. The summed E-state index contributed by atoms with van der Waals surface area (Å²) >= 11 is 0. The van der Waals surface area contributed by atoms with Gasteiger partial charge in [0.25, 0.3) is 0 Å². The van der Waals surface area contributed by atoms with Gasteiger partial charge in [-0.15, -0.1) is 0 Å². The van der Waals surface area contributed by atoms with Crippen molar-refractivity contribution in [1.29, 1.82) is 0 Å². The zero-order chi connectivity index (χ0) is 11.8. The van der Waals surface area contributed by atoms with Gasteiger partial charge < -0.3 is 5.32 Å². The molecular formula is C12H22N4. The van der Waals surface area contributed by atoms with Gasteiger partial charge in [-0.25, -0.2) is 9.67 Å². The van der Waals surface area contributed by atoms with E-state index in [2.05, 4.69) is 47.8 Å². The van der Waals surface area contributed by atoms with Crippen molar-refractivity contribution in [2.45, 2.75) is 58.7 Å². The number of nitrogens with zero attached hydrogens (tertiary/aromatic N) is 3. The summed E-state index contributed by atoms with van der Waals surface area (Å²) < 4.78 is 2.08. The van der Waals surface area contributed by atoms with Crippen molar-refractivity contribution in [1.82, 2.24) is 20.1 Å². The van der Waals surface area contributed by atoms with E-state index in [-0.39, 0.29) is 5.54 Å². The van der Waals surface area contributed by atoms with Crippen molar-refractivity contribution in [2.24, 2.45) is 5.92 Å². The maximum absolute atomic E-state index is 4.34. The molecule has 0 saturated heterocycles. The highest BCUT2D eigenvalue weighted by Gasteiger charge is 2.30. The highest BCUT2D eigenvalue weighted by atomic mass is 15.4. The number of rotatable bonds is 4. The Hall–Kier alpha value is -0.900. The van der Waals surface area contributed by atoms with Gasteiger partial charge in [0.2, 0.25) is 0 Å². The van der Waals surface area contributed by atoms with Crippen LogP contribution in [0.4, 0.5) is 0 Å². The van der Waals surface area contributed by atoms with Crippen molar-refractivity contribution in [3.05, 3.63) is 12.2 Å². The summed E-state index contributed by atoms with van der Waals surface area (Å²) in [6, 6.07) is 0.499. The average molecular weight is 222 g/mol. The number of nitrogens with one attached hydrogen (secondary N) is 1. The van der Waals surface area contributed by atoms with E-state index in [1.807, 2.05) is 0 Å². The molecule has 1 aromatic heterocycles. The van der Waals surface area contributed by atoms with Gasteiger partial charge in [-0.3, -0.25) is 0 Å². The Bertz CT molecular complexity index is 346. The molecule has 1 aliphatic carbocycles. The fourth-order valence-corrected chi connectivity index (χ4v) is 1.86. The van der Waals surface area contributed by atoms with E-state index in [9.17, 15) is 0 Å². The lowest BCUT2D eigenvalue weighted by molar-refractivity contribution is 0.380. The molecule has 4 nitrogen and oxygen atoms in total. The summed E-state index contributed by atoms with van der Waals surface area (Å²) in [6.07, 6.45) is 4.35. The van der Waals surface area contributed by atoms with Crippen LogP contribution in [0.15, 0.2) is 6.33 Å². The van der Waals surface area contributed by atoms with E-state index < -0.39 is 0 Å². The average Bonchev–Trinajstić information content (AvgIpc) is 2.92. The molecule has 1 unspecified atom stereocenters. The van der Waals surface area contributed by atoms with Gasteiger partial charge >= 0.3 is 0 Å². The normalized spacial score (nSPS) is 18.8. The molecule has 0 amide bonds. The Morgan fingerprint density at radius 2 is 2.19 bits per heavy atom. The van der Waals surface area contributed by atoms with E-state index in [0.29, 0.717) is 6.04 Å². The van der Waals surface area contributed by atoms with Gasteiger partial charge in [-0.1, -0.05) is 0 Å². The Balaban J connectivity index is 2.01. The first-order valence-corrected chi connectivity index (χ1v) is 6.11. The van der Waals surface area contributed by atoms with Crippen molar-refractivity contribution in [2.75, 3.05) is 0 Å². The monoisotopic (exact) mass is 222 g/mol. The van der Waals surface area contributed by atoms with Crippen LogP contribution in [-0.4, -0.2) is 20.3 Å². The molecule has 16 heavy (non-hydrogen) atoms. The second-order valence-electron chi connectivity index (χ2n) is 5.80. The lowest BCUT2D eigenvalue weighted by Crippen LogP contribution is -2.36. The Morgan fingerprint density at radius 1 is 1.50 bits per heavy atom. The molecule has 1 atom stereocenters. The molecule has 0 aliphatic heterocycles. The van der Waals surface area contributed by atoms with Gasteiger partial charge in [0.1, 0.15) is 12.2 Å². The van der Waals surface area contributed by atoms with Gasteiger partial charge in [0, 0.05) is 5.54 Å². The van der Waals surface area contributed by atoms with Crippen LogP contribution in [0.25, 0.3) is 0 Å². The summed E-state index contributed by atoms with van der Waals surface area (Å²) in [7, 11) is 0. The molecule has 2 rings (SSSR count). The van der Waals surface area contributed by atoms with E-state index in [1.165, 1.54) is 12.8 Å². The molecule has 90 valence electrons. The van der Waals surface area contributed by atoms with Crippen LogP contribution in [0.1, 0.15) is 52.4 Å². The van der Waals surface area contributed by atoms with E-state index in [0.717, 1.165) is 18.3 Å². The maximum atomic E-state index is 4.34. The zero-order valence-electron chi connectivity index (χ0n) is 10.7. The summed E-state index contributed by atoms with van der Waals surface area (Å²) in [5.41, 5.74) is 0.125. The second-order valence-corrected chi connectivity index (χ2v) is 5.80. The standard InChI is InChI=1S/C12H22N4/c1-9(10-5-6-10)16-11(13-8-15-16)7-14-12(2,3)4/h8-10,14H,5-7H2,1-4H3. The van der Waals surface area contributed by atoms with Gasteiger partial charge in [-0.05, 0) is 46.5 Å². The van der Waals surface area contributed by atoms with Gasteiger partial charge in [0.05, 0.1) is 12.6 Å². The van der Waals surface area contributed by atoms with E-state index in [1.54, 1.807) is 6.33 Å². The molecule has 0 spiro atoms. The molecule has 1 aromatic rings. The summed E-state index contributed by atoms with van der Waals surface area (Å²) in [5, 5.41) is 7.80. The van der Waals surface area contributed by atoms with Gasteiger partial charge in [0.15, 0.2) is 0 Å². The van der Waals surface area contributed by atoms with E-state index >= 15 is 0 Å². The maximum Gasteiger partial charge on any atom is 0.141 e. The fraction of sp³-hybridized carbons (Fsp3) is 0.833. The minimum absolute atomic E-state index is 0.125. The van der Waals surface area contributed by atoms with E-state index in [4.69, 9.17) is 0 Å². The third-order valence-electron chi connectivity index (χ3n) is 3.11. The van der Waals surface area contributed by atoms with Crippen LogP contribution < -0.4 is 5.32 Å². The molecule has 1 heterocycles. The minimum atomic E-state index is 0.125. The predicted molar refractivity (Wildman–Crippen MR) is 64.0 cm³/mol. The first kappa shape index (κ1) is 11.6. The lowest BCUT2D eigenvalue weighted by Gasteiger charge is -2.21. The van der Waals surface area contributed by atoms with Crippen molar-refractivity contribution in [3.8, 4) is 0 Å². The SMILES string of the molecule is CC(C1CC1)n1ncnc1CNC(C)(C)C. The Morgan fingerprint density at radius 3 is 2.75 bits per heavy atom. The largest absolute Gasteiger partial charge is 0.305 e. The molecule has 0 aromatic carbocycles. The highest BCUT2D eigenvalue weighted by Crippen LogP contribution is 2.39. The lowest BCUT2D eigenvalue weighted by atomic mass is 10.1. The second kappa shape index (κ2) is 4.17. The molecule has 0 radical (unpaired) electrons. The number of aromatic nitrogens is 3.